The van der Waals surface area contributed by atoms with Crippen LogP contribution in [0.3, 0.4) is 0 Å². The highest BCUT2D eigenvalue weighted by Gasteiger charge is 2.39. The van der Waals surface area contributed by atoms with Gasteiger partial charge in [-0.25, -0.2) is 0 Å². The van der Waals surface area contributed by atoms with E-state index >= 15 is 0 Å². The monoisotopic (exact) mass is 438 g/mol. The molecule has 6 nitrogen and oxygen atoms in total. The van der Waals surface area contributed by atoms with Crippen molar-refractivity contribution in [2.45, 2.75) is 104 Å². The van der Waals surface area contributed by atoms with Gasteiger partial charge in [0.25, 0.3) is 0 Å². The van der Waals surface area contributed by atoms with Crippen LogP contribution in [0.4, 0.5) is 0 Å². The predicted molar refractivity (Wildman–Crippen MR) is 121 cm³/mol. The maximum Gasteiger partial charge on any atom is 0.311 e. The average Bonchev–Trinajstić information content (AvgIpc) is 2.94. The fourth-order valence-electron chi connectivity index (χ4n) is 3.81. The van der Waals surface area contributed by atoms with Crippen LogP contribution in [-0.2, 0) is 14.3 Å². The molecule has 0 aliphatic heterocycles. The van der Waals surface area contributed by atoms with Gasteiger partial charge in [0, 0.05) is 18.8 Å². The number of carbonyl (C=O) groups excluding carboxylic acids is 1. The van der Waals surface area contributed by atoms with Gasteiger partial charge in [0.1, 0.15) is 6.10 Å². The number of aliphatic carboxylic acids is 1. The number of carbonyl (C=O) groups is 2. The smallest absolute Gasteiger partial charge is 0.311 e. The molecular weight excluding hydrogens is 396 g/mol. The van der Waals surface area contributed by atoms with Crippen molar-refractivity contribution in [3.05, 3.63) is 24.3 Å². The Morgan fingerprint density at radius 3 is 2.42 bits per heavy atom. The van der Waals surface area contributed by atoms with E-state index in [1.165, 1.54) is 0 Å². The maximum absolute atomic E-state index is 12.4. The predicted octanol–water partition coefficient (Wildman–Crippen LogP) is 4.64. The summed E-state index contributed by atoms with van der Waals surface area (Å²) in [6, 6.07) is 0. The van der Waals surface area contributed by atoms with Crippen LogP contribution in [0.25, 0.3) is 0 Å². The standard InChI is InChI=1S/C25H42O6/c1-5-6-9-12-18(31-24(30)25(2,3)4)15-16-20-19(21(26)17-22(20)27)13-10-7-8-11-14-23(28)29/h7,10,15-16,18-22,26-27H,5-6,8-9,11-14,17H2,1-4H3,(H,28,29)/b10-7-,16-15+/t18-,19+,20+,21-,22+/m0/s1. The van der Waals surface area contributed by atoms with Crippen LogP contribution in [0.15, 0.2) is 24.3 Å². The van der Waals surface area contributed by atoms with E-state index in [1.54, 1.807) is 0 Å². The van der Waals surface area contributed by atoms with E-state index in [9.17, 15) is 19.8 Å². The molecule has 0 aromatic rings. The molecule has 5 atom stereocenters. The van der Waals surface area contributed by atoms with Gasteiger partial charge < -0.3 is 20.1 Å². The molecule has 0 heterocycles. The van der Waals surface area contributed by atoms with Crippen LogP contribution in [0.2, 0.25) is 0 Å². The lowest BCUT2D eigenvalue weighted by Gasteiger charge is -2.23. The summed E-state index contributed by atoms with van der Waals surface area (Å²) in [5.74, 6) is -1.36. The third-order valence-electron chi connectivity index (χ3n) is 5.76. The molecule has 31 heavy (non-hydrogen) atoms. The zero-order chi connectivity index (χ0) is 23.4. The number of rotatable bonds is 13. The number of carboxylic acids is 1. The number of hydrogen-bond acceptors (Lipinski definition) is 5. The van der Waals surface area contributed by atoms with Crippen LogP contribution >= 0.6 is 0 Å². The van der Waals surface area contributed by atoms with Crippen molar-refractivity contribution >= 4 is 11.9 Å². The summed E-state index contributed by atoms with van der Waals surface area (Å²) in [5, 5.41) is 29.6. The maximum atomic E-state index is 12.4. The first kappa shape index (κ1) is 27.4. The molecular formula is C25H42O6. The number of aliphatic hydroxyl groups is 2. The second-order valence-electron chi connectivity index (χ2n) is 9.68. The van der Waals surface area contributed by atoms with Crippen LogP contribution in [0, 0.1) is 17.3 Å². The Hall–Kier alpha value is -1.66. The van der Waals surface area contributed by atoms with E-state index in [4.69, 9.17) is 9.84 Å². The first-order valence-electron chi connectivity index (χ1n) is 11.7. The minimum Gasteiger partial charge on any atom is -0.481 e. The summed E-state index contributed by atoms with van der Waals surface area (Å²) in [7, 11) is 0. The third-order valence-corrected chi connectivity index (χ3v) is 5.76. The second-order valence-corrected chi connectivity index (χ2v) is 9.68. The number of hydrogen-bond donors (Lipinski definition) is 3. The number of allylic oxidation sites excluding steroid dienone is 2. The molecule has 178 valence electrons. The molecule has 0 saturated heterocycles. The summed E-state index contributed by atoms with van der Waals surface area (Å²) >= 11 is 0. The van der Waals surface area contributed by atoms with Gasteiger partial charge in [0.2, 0.25) is 0 Å². The molecule has 6 heteroatoms. The van der Waals surface area contributed by atoms with Crippen LogP contribution in [0.1, 0.15) is 85.5 Å². The van der Waals surface area contributed by atoms with Crippen LogP contribution < -0.4 is 0 Å². The summed E-state index contributed by atoms with van der Waals surface area (Å²) in [4.78, 5) is 22.9. The highest BCUT2D eigenvalue weighted by atomic mass is 16.5. The zero-order valence-electron chi connectivity index (χ0n) is 19.6. The normalized spacial score (nSPS) is 25.4. The summed E-state index contributed by atoms with van der Waals surface area (Å²) in [6.45, 7) is 7.62. The molecule has 0 bridgehead atoms. The van der Waals surface area contributed by atoms with Crippen LogP contribution in [0.5, 0.6) is 0 Å². The van der Waals surface area contributed by atoms with Gasteiger partial charge in [0.05, 0.1) is 17.6 Å². The van der Waals surface area contributed by atoms with E-state index < -0.39 is 23.6 Å². The zero-order valence-corrected chi connectivity index (χ0v) is 19.6. The lowest BCUT2D eigenvalue weighted by Crippen LogP contribution is -2.28. The van der Waals surface area contributed by atoms with Crippen molar-refractivity contribution in [1.82, 2.24) is 0 Å². The molecule has 0 amide bonds. The number of aliphatic hydroxyl groups excluding tert-OH is 2. The Kier molecular flexibility index (Phi) is 12.1. The molecule has 0 unspecified atom stereocenters. The van der Waals surface area contributed by atoms with Gasteiger partial charge in [-0.1, -0.05) is 38.0 Å². The average molecular weight is 439 g/mol. The Labute approximate surface area is 187 Å². The number of ether oxygens (including phenoxy) is 1. The van der Waals surface area contributed by atoms with Gasteiger partial charge >= 0.3 is 11.9 Å². The second kappa shape index (κ2) is 13.7. The van der Waals surface area contributed by atoms with Gasteiger partial charge in [-0.3, -0.25) is 9.59 Å². The number of unbranched alkanes of at least 4 members (excludes halogenated alkanes) is 3. The minimum absolute atomic E-state index is 0.114. The van der Waals surface area contributed by atoms with Gasteiger partial charge in [-0.05, 0) is 64.9 Å². The van der Waals surface area contributed by atoms with Gasteiger partial charge in [-0.15, -0.1) is 0 Å². The molecule has 0 aromatic carbocycles. The first-order valence-corrected chi connectivity index (χ1v) is 11.7. The fraction of sp³-hybridized carbons (Fsp3) is 0.760. The Morgan fingerprint density at radius 2 is 1.81 bits per heavy atom. The third kappa shape index (κ3) is 10.5. The molecule has 1 saturated carbocycles. The van der Waals surface area contributed by atoms with Crippen molar-refractivity contribution in [2.75, 3.05) is 0 Å². The summed E-state index contributed by atoms with van der Waals surface area (Å²) < 4.78 is 5.73. The van der Waals surface area contributed by atoms with Gasteiger partial charge in [0.15, 0.2) is 0 Å². The molecule has 3 N–H and O–H groups in total. The number of carboxylic acid groups (broad SMARTS) is 1. The van der Waals surface area contributed by atoms with E-state index in [2.05, 4.69) is 6.92 Å². The Morgan fingerprint density at radius 1 is 1.10 bits per heavy atom. The van der Waals surface area contributed by atoms with Crippen LogP contribution in [-0.4, -0.2) is 45.6 Å². The Bertz CT molecular complexity index is 604. The molecule has 1 rings (SSSR count). The molecule has 1 aliphatic carbocycles. The van der Waals surface area contributed by atoms with Crippen molar-refractivity contribution in [1.29, 1.82) is 0 Å². The lowest BCUT2D eigenvalue weighted by atomic mass is 9.89. The highest BCUT2D eigenvalue weighted by molar-refractivity contribution is 5.75. The molecule has 0 spiro atoms. The fourth-order valence-corrected chi connectivity index (χ4v) is 3.81. The van der Waals surface area contributed by atoms with Crippen molar-refractivity contribution < 1.29 is 29.6 Å². The van der Waals surface area contributed by atoms with Crippen molar-refractivity contribution in [3.8, 4) is 0 Å². The Balaban J connectivity index is 2.76. The molecule has 0 aromatic heterocycles. The minimum atomic E-state index is -0.798. The van der Waals surface area contributed by atoms with E-state index in [0.29, 0.717) is 25.7 Å². The van der Waals surface area contributed by atoms with E-state index in [0.717, 1.165) is 25.7 Å². The van der Waals surface area contributed by atoms with E-state index in [-0.39, 0.29) is 30.3 Å². The van der Waals surface area contributed by atoms with Gasteiger partial charge in [-0.2, -0.15) is 0 Å². The summed E-state index contributed by atoms with van der Waals surface area (Å²) in [5.41, 5.74) is -0.576. The largest absolute Gasteiger partial charge is 0.481 e. The lowest BCUT2D eigenvalue weighted by molar-refractivity contribution is -0.156. The first-order chi connectivity index (χ1) is 14.6. The molecule has 1 aliphatic rings. The highest BCUT2D eigenvalue weighted by Crippen LogP contribution is 2.36. The topological polar surface area (TPSA) is 104 Å². The van der Waals surface area contributed by atoms with Crippen molar-refractivity contribution in [2.24, 2.45) is 17.3 Å². The number of esters is 1. The quantitative estimate of drug-likeness (QED) is 0.220. The van der Waals surface area contributed by atoms with E-state index in [1.807, 2.05) is 45.1 Å². The molecule has 0 radical (unpaired) electrons. The summed E-state index contributed by atoms with van der Waals surface area (Å²) in [6.07, 6.45) is 12.3. The SMILES string of the molecule is CCCCC[C@@H](/C=C/[C@@H]1[C@@H](C/C=C\CCCC(=O)O)[C@@H](O)C[C@H]1O)OC(=O)C(C)(C)C. The molecule has 1 fully saturated rings. The van der Waals surface area contributed by atoms with Crippen molar-refractivity contribution in [3.63, 3.8) is 0 Å².